The average molecular weight is 743 g/mol. The molecule has 0 amide bonds. The summed E-state index contributed by atoms with van der Waals surface area (Å²) in [6, 6.07) is 68.8. The van der Waals surface area contributed by atoms with Crippen LogP contribution >= 0.6 is 0 Å². The molecule has 1 aliphatic carbocycles. The highest BCUT2D eigenvalue weighted by Crippen LogP contribution is 2.49. The lowest BCUT2D eigenvalue weighted by Gasteiger charge is -2.21. The van der Waals surface area contributed by atoms with Crippen LogP contribution in [0.2, 0.25) is 0 Å². The average Bonchev–Trinajstić information content (AvgIpc) is 3.80. The summed E-state index contributed by atoms with van der Waals surface area (Å²) in [6.45, 7) is 4.62. The van der Waals surface area contributed by atoms with E-state index in [2.05, 4.69) is 206 Å². The fraction of sp³-hybridized carbons (Fsp3) is 0.0556. The van der Waals surface area contributed by atoms with E-state index in [4.69, 9.17) is 15.1 Å². The van der Waals surface area contributed by atoms with Gasteiger partial charge in [-0.15, -0.1) is 0 Å². The Bertz CT molecular complexity index is 3160. The van der Waals surface area contributed by atoms with E-state index in [1.807, 2.05) is 6.07 Å². The molecule has 1 aliphatic rings. The molecule has 0 fully saturated rings. The van der Waals surface area contributed by atoms with Gasteiger partial charge in [-0.3, -0.25) is 0 Å². The molecule has 0 spiro atoms. The highest BCUT2D eigenvalue weighted by molar-refractivity contribution is 6.08. The molecule has 4 heteroatoms. The fourth-order valence-electron chi connectivity index (χ4n) is 8.91. The third-order valence-electron chi connectivity index (χ3n) is 11.8. The van der Waals surface area contributed by atoms with Crippen LogP contribution in [0.4, 0.5) is 0 Å². The molecular formula is C54H38N4. The van der Waals surface area contributed by atoms with Crippen LogP contribution in [-0.2, 0) is 5.41 Å². The van der Waals surface area contributed by atoms with Gasteiger partial charge in [0.25, 0.3) is 0 Å². The van der Waals surface area contributed by atoms with Crippen molar-refractivity contribution in [1.29, 1.82) is 0 Å². The quantitative estimate of drug-likeness (QED) is 0.170. The monoisotopic (exact) mass is 742 g/mol. The summed E-state index contributed by atoms with van der Waals surface area (Å²) in [7, 11) is 0. The van der Waals surface area contributed by atoms with Crippen LogP contribution in [0.5, 0.6) is 0 Å². The molecule has 0 N–H and O–H groups in total. The van der Waals surface area contributed by atoms with E-state index < -0.39 is 0 Å². The van der Waals surface area contributed by atoms with Crippen LogP contribution in [0.3, 0.4) is 0 Å². The van der Waals surface area contributed by atoms with Gasteiger partial charge in [0.05, 0.1) is 22.6 Å². The number of nitrogens with zero attached hydrogens (tertiary/aromatic N) is 4. The third kappa shape index (κ3) is 5.48. The lowest BCUT2D eigenvalue weighted by Crippen LogP contribution is -2.15. The Kier molecular flexibility index (Phi) is 7.80. The second kappa shape index (κ2) is 13.4. The molecule has 0 aliphatic heterocycles. The molecule has 7 aromatic carbocycles. The highest BCUT2D eigenvalue weighted by Gasteiger charge is 2.35. The van der Waals surface area contributed by atoms with Crippen LogP contribution in [0.25, 0.3) is 95.0 Å². The number of rotatable bonds is 6. The van der Waals surface area contributed by atoms with Gasteiger partial charge in [0.15, 0.2) is 5.82 Å². The Labute approximate surface area is 337 Å². The van der Waals surface area contributed by atoms with Crippen molar-refractivity contribution in [2.75, 3.05) is 0 Å². The Hall–Kier alpha value is -7.43. The zero-order chi connectivity index (χ0) is 38.8. The number of hydrogen-bond acceptors (Lipinski definition) is 3. The molecular weight excluding hydrogens is 705 g/mol. The van der Waals surface area contributed by atoms with Gasteiger partial charge in [0, 0.05) is 44.2 Å². The molecule has 3 heterocycles. The van der Waals surface area contributed by atoms with Gasteiger partial charge in [-0.25, -0.2) is 14.5 Å². The number of hydrogen-bond donors (Lipinski definition) is 0. The van der Waals surface area contributed by atoms with E-state index in [0.717, 1.165) is 72.6 Å². The summed E-state index contributed by atoms with van der Waals surface area (Å²) in [6.07, 6.45) is 0. The van der Waals surface area contributed by atoms with Crippen LogP contribution in [0, 0.1) is 0 Å². The van der Waals surface area contributed by atoms with E-state index in [0.29, 0.717) is 5.82 Å². The summed E-state index contributed by atoms with van der Waals surface area (Å²) in [5.41, 5.74) is 17.4. The lowest BCUT2D eigenvalue weighted by molar-refractivity contribution is 0.660. The topological polar surface area (TPSA) is 43.1 Å². The van der Waals surface area contributed by atoms with Crippen molar-refractivity contribution in [3.8, 4) is 78.7 Å². The predicted molar refractivity (Wildman–Crippen MR) is 238 cm³/mol. The maximum absolute atomic E-state index is 5.44. The van der Waals surface area contributed by atoms with E-state index in [-0.39, 0.29) is 5.41 Å². The van der Waals surface area contributed by atoms with Crippen molar-refractivity contribution in [3.05, 3.63) is 205 Å². The molecule has 3 aromatic heterocycles. The fourth-order valence-corrected chi connectivity index (χ4v) is 8.91. The van der Waals surface area contributed by atoms with Crippen molar-refractivity contribution in [1.82, 2.24) is 19.6 Å². The van der Waals surface area contributed by atoms with Crippen LogP contribution in [0.15, 0.2) is 194 Å². The number of benzene rings is 7. The first-order valence-corrected chi connectivity index (χ1v) is 19.9. The molecule has 274 valence electrons. The Morgan fingerprint density at radius 1 is 0.431 bits per heavy atom. The van der Waals surface area contributed by atoms with Gasteiger partial charge in [0.2, 0.25) is 0 Å². The van der Waals surface area contributed by atoms with Gasteiger partial charge in [0.1, 0.15) is 5.69 Å². The first-order valence-electron chi connectivity index (χ1n) is 19.9. The Balaban J connectivity index is 1.07. The molecule has 11 rings (SSSR count). The summed E-state index contributed by atoms with van der Waals surface area (Å²) in [5, 5.41) is 7.78. The molecule has 0 atom stereocenters. The standard InChI is InChI=1S/C54H38N4/c1-54(2)45-25-15-14-24-43(45)44-31-30-41(32-46(44)54)53-55-47(35-16-6-3-7-17-35)34-48(56-53)36-26-28-39(29-27-36)51-50(38-20-10-5-11-21-38)52-42-23-13-12-22-40(42)33-49(58(52)57-51)37-18-8-4-9-19-37/h3-34H,1-2H3. The second-order valence-corrected chi connectivity index (χ2v) is 15.7. The first kappa shape index (κ1) is 33.9. The van der Waals surface area contributed by atoms with Crippen LogP contribution < -0.4 is 0 Å². The minimum Gasteiger partial charge on any atom is -0.231 e. The van der Waals surface area contributed by atoms with Crippen LogP contribution in [0.1, 0.15) is 25.0 Å². The van der Waals surface area contributed by atoms with E-state index in [1.165, 1.54) is 27.6 Å². The molecule has 0 radical (unpaired) electrons. The summed E-state index contributed by atoms with van der Waals surface area (Å²) < 4.78 is 2.14. The maximum Gasteiger partial charge on any atom is 0.160 e. The summed E-state index contributed by atoms with van der Waals surface area (Å²) >= 11 is 0. The summed E-state index contributed by atoms with van der Waals surface area (Å²) in [5.74, 6) is 0.710. The van der Waals surface area contributed by atoms with Gasteiger partial charge in [-0.2, -0.15) is 5.10 Å². The predicted octanol–water partition coefficient (Wildman–Crippen LogP) is 13.6. The molecule has 10 aromatic rings. The van der Waals surface area contributed by atoms with E-state index >= 15 is 0 Å². The maximum atomic E-state index is 5.44. The molecule has 4 nitrogen and oxygen atoms in total. The van der Waals surface area contributed by atoms with Gasteiger partial charge >= 0.3 is 0 Å². The van der Waals surface area contributed by atoms with E-state index in [1.54, 1.807) is 0 Å². The van der Waals surface area contributed by atoms with Gasteiger partial charge < -0.3 is 0 Å². The largest absolute Gasteiger partial charge is 0.231 e. The smallest absolute Gasteiger partial charge is 0.160 e. The summed E-state index contributed by atoms with van der Waals surface area (Å²) in [4.78, 5) is 10.5. The van der Waals surface area contributed by atoms with Crippen molar-refractivity contribution in [2.45, 2.75) is 19.3 Å². The Morgan fingerprint density at radius 3 is 1.71 bits per heavy atom. The minimum absolute atomic E-state index is 0.123. The Morgan fingerprint density at radius 2 is 0.983 bits per heavy atom. The number of aromatic nitrogens is 4. The molecule has 0 saturated heterocycles. The van der Waals surface area contributed by atoms with Gasteiger partial charge in [-0.1, -0.05) is 190 Å². The van der Waals surface area contributed by atoms with Crippen molar-refractivity contribution < 1.29 is 0 Å². The molecule has 58 heavy (non-hydrogen) atoms. The van der Waals surface area contributed by atoms with E-state index in [9.17, 15) is 0 Å². The number of pyridine rings is 1. The minimum atomic E-state index is -0.123. The zero-order valence-electron chi connectivity index (χ0n) is 32.3. The van der Waals surface area contributed by atoms with Gasteiger partial charge in [-0.05, 0) is 51.4 Å². The highest BCUT2D eigenvalue weighted by atomic mass is 15.2. The molecule has 0 saturated carbocycles. The zero-order valence-corrected chi connectivity index (χ0v) is 32.3. The van der Waals surface area contributed by atoms with Crippen LogP contribution in [-0.4, -0.2) is 19.6 Å². The van der Waals surface area contributed by atoms with Crippen molar-refractivity contribution >= 4 is 16.3 Å². The van der Waals surface area contributed by atoms with Crippen molar-refractivity contribution in [3.63, 3.8) is 0 Å². The SMILES string of the molecule is CC1(C)c2ccccc2-c2ccc(-c3nc(-c4ccccc4)cc(-c4ccc(-c5nn6c(-c7ccccc7)cc7ccccc7c6c5-c5ccccc5)cc4)n3)cc21. The second-order valence-electron chi connectivity index (χ2n) is 15.7. The molecule has 0 unspecified atom stereocenters. The van der Waals surface area contributed by atoms with Crippen molar-refractivity contribution in [2.24, 2.45) is 0 Å². The first-order chi connectivity index (χ1) is 28.5. The normalized spacial score (nSPS) is 12.8. The third-order valence-corrected chi connectivity index (χ3v) is 11.8. The molecule has 0 bridgehead atoms. The number of fused-ring (bicyclic) bond motifs is 6. The lowest BCUT2D eigenvalue weighted by atomic mass is 9.82.